The molecule has 1 aliphatic rings. The quantitative estimate of drug-likeness (QED) is 0.401. The SMILES string of the molecule is CCOc1ccc(C(c2cc(CC)sc2NC(=O)c2ccccc2)N2CCC(C)CC2)cc1. The highest BCUT2D eigenvalue weighted by Gasteiger charge is 2.29. The van der Waals surface area contributed by atoms with Crippen LogP contribution in [0.3, 0.4) is 0 Å². The van der Waals surface area contributed by atoms with Gasteiger partial charge in [0.05, 0.1) is 12.6 Å². The molecule has 4 nitrogen and oxygen atoms in total. The van der Waals surface area contributed by atoms with Crippen molar-refractivity contribution in [3.8, 4) is 5.75 Å². The first-order valence-corrected chi connectivity index (χ1v) is 12.9. The average molecular weight is 463 g/mol. The smallest absolute Gasteiger partial charge is 0.256 e. The van der Waals surface area contributed by atoms with Crippen molar-refractivity contribution in [2.75, 3.05) is 25.0 Å². The van der Waals surface area contributed by atoms with E-state index in [2.05, 4.69) is 54.4 Å². The van der Waals surface area contributed by atoms with Gasteiger partial charge in [-0.3, -0.25) is 9.69 Å². The molecule has 1 aromatic heterocycles. The fraction of sp³-hybridized carbons (Fsp3) is 0.393. The second-order valence-electron chi connectivity index (χ2n) is 8.79. The number of nitrogens with zero attached hydrogens (tertiary/aromatic N) is 1. The van der Waals surface area contributed by atoms with E-state index >= 15 is 0 Å². The van der Waals surface area contributed by atoms with Gasteiger partial charge in [0.2, 0.25) is 0 Å². The Morgan fingerprint density at radius 1 is 1.09 bits per heavy atom. The first-order chi connectivity index (χ1) is 16.1. The predicted molar refractivity (Wildman–Crippen MR) is 138 cm³/mol. The number of anilines is 1. The highest BCUT2D eigenvalue weighted by atomic mass is 32.1. The molecule has 0 aliphatic carbocycles. The Balaban J connectivity index is 1.71. The predicted octanol–water partition coefficient (Wildman–Crippen LogP) is 6.78. The molecule has 0 spiro atoms. The van der Waals surface area contributed by atoms with Gasteiger partial charge < -0.3 is 10.1 Å². The number of hydrogen-bond donors (Lipinski definition) is 1. The molecule has 4 rings (SSSR count). The summed E-state index contributed by atoms with van der Waals surface area (Å²) in [5.41, 5.74) is 3.11. The van der Waals surface area contributed by atoms with Gasteiger partial charge in [-0.15, -0.1) is 11.3 Å². The van der Waals surface area contributed by atoms with Crippen molar-refractivity contribution in [2.45, 2.75) is 46.1 Å². The van der Waals surface area contributed by atoms with Gasteiger partial charge in [0, 0.05) is 16.0 Å². The molecule has 1 fully saturated rings. The fourth-order valence-corrected chi connectivity index (χ4v) is 5.51. The van der Waals surface area contributed by atoms with E-state index < -0.39 is 0 Å². The molecular weight excluding hydrogens is 428 g/mol. The summed E-state index contributed by atoms with van der Waals surface area (Å²) in [5, 5.41) is 4.20. The zero-order valence-corrected chi connectivity index (χ0v) is 20.7. The van der Waals surface area contributed by atoms with Gasteiger partial charge in [-0.05, 0) is 81.1 Å². The van der Waals surface area contributed by atoms with Crippen LogP contribution in [-0.4, -0.2) is 30.5 Å². The van der Waals surface area contributed by atoms with Crippen molar-refractivity contribution in [3.63, 3.8) is 0 Å². The lowest BCUT2D eigenvalue weighted by molar-refractivity contribution is 0.102. The van der Waals surface area contributed by atoms with Crippen LogP contribution in [0.5, 0.6) is 5.75 Å². The number of nitrogens with one attached hydrogen (secondary N) is 1. The largest absolute Gasteiger partial charge is 0.494 e. The van der Waals surface area contributed by atoms with Crippen LogP contribution in [0.15, 0.2) is 60.7 Å². The molecule has 1 aliphatic heterocycles. The lowest BCUT2D eigenvalue weighted by Gasteiger charge is -2.37. The number of aryl methyl sites for hydroxylation is 1. The average Bonchev–Trinajstić information content (AvgIpc) is 3.24. The zero-order chi connectivity index (χ0) is 23.2. The summed E-state index contributed by atoms with van der Waals surface area (Å²) in [7, 11) is 0. The number of benzene rings is 2. The summed E-state index contributed by atoms with van der Waals surface area (Å²) < 4.78 is 5.68. The lowest BCUT2D eigenvalue weighted by Crippen LogP contribution is -2.37. The summed E-state index contributed by atoms with van der Waals surface area (Å²) in [6.07, 6.45) is 3.35. The highest BCUT2D eigenvalue weighted by molar-refractivity contribution is 7.16. The third-order valence-electron chi connectivity index (χ3n) is 6.41. The molecule has 0 saturated carbocycles. The number of carbonyl (C=O) groups excluding carboxylic acids is 1. The minimum atomic E-state index is -0.0564. The topological polar surface area (TPSA) is 41.6 Å². The van der Waals surface area contributed by atoms with Crippen LogP contribution in [0.1, 0.15) is 66.0 Å². The van der Waals surface area contributed by atoms with Gasteiger partial charge in [-0.2, -0.15) is 0 Å². The Hall–Kier alpha value is -2.63. The van der Waals surface area contributed by atoms with E-state index in [1.54, 1.807) is 11.3 Å². The fourth-order valence-electron chi connectivity index (χ4n) is 4.49. The number of carbonyl (C=O) groups is 1. The molecule has 1 amide bonds. The van der Waals surface area contributed by atoms with Crippen LogP contribution < -0.4 is 10.1 Å². The molecule has 2 heterocycles. The molecular formula is C28H34N2O2S. The number of likely N-dealkylation sites (tertiary alicyclic amines) is 1. The van der Waals surface area contributed by atoms with Crippen molar-refractivity contribution in [1.82, 2.24) is 4.90 Å². The Kier molecular flexibility index (Phi) is 7.84. The number of thiophene rings is 1. The standard InChI is InChI=1S/C28H34N2O2S/c1-4-24-19-25(28(33-24)29-27(31)22-9-7-6-8-10-22)26(30-17-15-20(3)16-18-30)21-11-13-23(14-12-21)32-5-2/h6-14,19-20,26H,4-5,15-18H2,1-3H3,(H,29,31). The Morgan fingerprint density at radius 2 is 1.79 bits per heavy atom. The van der Waals surface area contributed by atoms with Crippen LogP contribution in [0, 0.1) is 5.92 Å². The molecule has 3 aromatic rings. The molecule has 1 saturated heterocycles. The normalized spacial score (nSPS) is 15.8. The van der Waals surface area contributed by atoms with Crippen LogP contribution in [0.25, 0.3) is 0 Å². The maximum Gasteiger partial charge on any atom is 0.256 e. The van der Waals surface area contributed by atoms with Crippen molar-refractivity contribution in [3.05, 3.63) is 82.2 Å². The molecule has 5 heteroatoms. The summed E-state index contributed by atoms with van der Waals surface area (Å²) in [6.45, 7) is 9.30. The molecule has 1 N–H and O–H groups in total. The minimum Gasteiger partial charge on any atom is -0.494 e. The van der Waals surface area contributed by atoms with Crippen LogP contribution in [0.2, 0.25) is 0 Å². The van der Waals surface area contributed by atoms with Gasteiger partial charge in [-0.1, -0.05) is 44.2 Å². The van der Waals surface area contributed by atoms with Gasteiger partial charge in [0.25, 0.3) is 5.91 Å². The van der Waals surface area contributed by atoms with E-state index in [0.717, 1.165) is 36.2 Å². The number of piperidine rings is 1. The Morgan fingerprint density at radius 3 is 2.42 bits per heavy atom. The molecule has 0 bridgehead atoms. The second kappa shape index (κ2) is 11.0. The van der Waals surface area contributed by atoms with E-state index in [1.807, 2.05) is 37.3 Å². The van der Waals surface area contributed by atoms with Gasteiger partial charge in [-0.25, -0.2) is 0 Å². The first kappa shape index (κ1) is 23.5. The monoisotopic (exact) mass is 462 g/mol. The number of hydrogen-bond acceptors (Lipinski definition) is 4. The van der Waals surface area contributed by atoms with Crippen LogP contribution in [0.4, 0.5) is 5.00 Å². The Bertz CT molecular complexity index is 1040. The number of ether oxygens (including phenoxy) is 1. The summed E-state index contributed by atoms with van der Waals surface area (Å²) in [5.74, 6) is 1.59. The third-order valence-corrected chi connectivity index (χ3v) is 7.62. The summed E-state index contributed by atoms with van der Waals surface area (Å²) in [6, 6.07) is 20.3. The summed E-state index contributed by atoms with van der Waals surface area (Å²) in [4.78, 5) is 16.9. The van der Waals surface area contributed by atoms with Gasteiger partial charge in [0.1, 0.15) is 10.8 Å². The van der Waals surface area contributed by atoms with E-state index in [1.165, 1.54) is 28.8 Å². The van der Waals surface area contributed by atoms with E-state index in [0.29, 0.717) is 12.2 Å². The second-order valence-corrected chi connectivity index (χ2v) is 9.93. The van der Waals surface area contributed by atoms with Crippen LogP contribution in [-0.2, 0) is 6.42 Å². The zero-order valence-electron chi connectivity index (χ0n) is 19.8. The van der Waals surface area contributed by atoms with Crippen molar-refractivity contribution >= 4 is 22.2 Å². The van der Waals surface area contributed by atoms with Gasteiger partial charge in [0.15, 0.2) is 0 Å². The first-order valence-electron chi connectivity index (χ1n) is 12.0. The highest BCUT2D eigenvalue weighted by Crippen LogP contribution is 2.41. The maximum absolute atomic E-state index is 13.0. The number of amides is 1. The molecule has 33 heavy (non-hydrogen) atoms. The van der Waals surface area contributed by atoms with E-state index in [4.69, 9.17) is 4.74 Å². The summed E-state index contributed by atoms with van der Waals surface area (Å²) >= 11 is 1.70. The third kappa shape index (κ3) is 5.66. The van der Waals surface area contributed by atoms with E-state index in [-0.39, 0.29) is 11.9 Å². The molecule has 2 aromatic carbocycles. The molecule has 1 unspecified atom stereocenters. The van der Waals surface area contributed by atoms with E-state index in [9.17, 15) is 4.79 Å². The van der Waals surface area contributed by atoms with Gasteiger partial charge >= 0.3 is 0 Å². The van der Waals surface area contributed by atoms with Crippen molar-refractivity contribution < 1.29 is 9.53 Å². The van der Waals surface area contributed by atoms with Crippen LogP contribution >= 0.6 is 11.3 Å². The van der Waals surface area contributed by atoms with Crippen molar-refractivity contribution in [2.24, 2.45) is 5.92 Å². The minimum absolute atomic E-state index is 0.0564. The number of rotatable bonds is 8. The Labute approximate surface area is 201 Å². The van der Waals surface area contributed by atoms with Crippen molar-refractivity contribution in [1.29, 1.82) is 0 Å². The molecule has 1 atom stereocenters. The molecule has 174 valence electrons. The lowest BCUT2D eigenvalue weighted by atomic mass is 9.92. The molecule has 0 radical (unpaired) electrons. The maximum atomic E-state index is 13.0.